The van der Waals surface area contributed by atoms with Crippen molar-refractivity contribution in [2.45, 2.75) is 18.3 Å². The molecule has 142 valence electrons. The van der Waals surface area contributed by atoms with Gasteiger partial charge in [0.15, 0.2) is 12.3 Å². The standard InChI is InChI=1S/C21H19N3O4/c25-17(22-13-21(10-11-21)14-6-2-1-3-7-14)12-28-20(27)18-15-8-4-5-9-16(15)19(26)24-23-18/h1-9H,10-13H2,(H,22,25)(H,24,26). The van der Waals surface area contributed by atoms with E-state index in [2.05, 4.69) is 27.6 Å². The average molecular weight is 377 g/mol. The van der Waals surface area contributed by atoms with E-state index < -0.39 is 12.6 Å². The molecular weight excluding hydrogens is 358 g/mol. The van der Waals surface area contributed by atoms with Crippen LogP contribution in [0, 0.1) is 0 Å². The van der Waals surface area contributed by atoms with Gasteiger partial charge in [-0.2, -0.15) is 5.10 Å². The maximum Gasteiger partial charge on any atom is 0.359 e. The Morgan fingerprint density at radius 1 is 1.04 bits per heavy atom. The summed E-state index contributed by atoms with van der Waals surface area (Å²) in [5.41, 5.74) is 0.778. The molecule has 1 aliphatic rings. The van der Waals surface area contributed by atoms with E-state index >= 15 is 0 Å². The molecule has 1 fully saturated rings. The highest BCUT2D eigenvalue weighted by Gasteiger charge is 2.44. The summed E-state index contributed by atoms with van der Waals surface area (Å²) in [6.07, 6.45) is 2.04. The minimum atomic E-state index is -0.758. The topological polar surface area (TPSA) is 101 Å². The quantitative estimate of drug-likeness (QED) is 0.639. The number of carbonyl (C=O) groups excluding carboxylic acids is 2. The van der Waals surface area contributed by atoms with E-state index in [0.29, 0.717) is 17.3 Å². The SMILES string of the molecule is O=C(COC(=O)c1n[nH]c(=O)c2ccccc12)NCC1(c2ccccc2)CC1. The maximum absolute atomic E-state index is 12.3. The molecule has 2 N–H and O–H groups in total. The van der Waals surface area contributed by atoms with Gasteiger partial charge in [0.05, 0.1) is 5.39 Å². The highest BCUT2D eigenvalue weighted by molar-refractivity contribution is 6.02. The Balaban J connectivity index is 1.36. The Morgan fingerprint density at radius 3 is 2.43 bits per heavy atom. The van der Waals surface area contributed by atoms with Crippen molar-refractivity contribution in [2.75, 3.05) is 13.2 Å². The van der Waals surface area contributed by atoms with Gasteiger partial charge in [0, 0.05) is 17.3 Å². The first-order valence-electron chi connectivity index (χ1n) is 9.06. The lowest BCUT2D eigenvalue weighted by Gasteiger charge is -2.16. The maximum atomic E-state index is 12.3. The normalized spacial score (nSPS) is 14.4. The summed E-state index contributed by atoms with van der Waals surface area (Å²) >= 11 is 0. The summed E-state index contributed by atoms with van der Waals surface area (Å²) in [5.74, 6) is -1.13. The number of rotatable bonds is 6. The van der Waals surface area contributed by atoms with Crippen LogP contribution in [0.5, 0.6) is 0 Å². The Labute approximate surface area is 160 Å². The Bertz CT molecular complexity index is 1090. The minimum Gasteiger partial charge on any atom is -0.451 e. The number of nitrogens with zero attached hydrogens (tertiary/aromatic N) is 1. The summed E-state index contributed by atoms with van der Waals surface area (Å²) in [7, 11) is 0. The molecule has 0 spiro atoms. The largest absolute Gasteiger partial charge is 0.451 e. The second kappa shape index (κ2) is 7.26. The van der Waals surface area contributed by atoms with Crippen LogP contribution in [-0.4, -0.2) is 35.2 Å². The van der Waals surface area contributed by atoms with Gasteiger partial charge in [0.1, 0.15) is 0 Å². The fourth-order valence-corrected chi connectivity index (χ4v) is 3.30. The molecule has 1 saturated carbocycles. The van der Waals surface area contributed by atoms with Crippen molar-refractivity contribution in [3.63, 3.8) is 0 Å². The minimum absolute atomic E-state index is 0.0163. The molecule has 1 aromatic heterocycles. The van der Waals surface area contributed by atoms with Gasteiger partial charge >= 0.3 is 5.97 Å². The summed E-state index contributed by atoms with van der Waals surface area (Å²) < 4.78 is 5.09. The third kappa shape index (κ3) is 3.51. The van der Waals surface area contributed by atoms with E-state index in [4.69, 9.17) is 4.74 Å². The first-order valence-corrected chi connectivity index (χ1v) is 9.06. The fourth-order valence-electron chi connectivity index (χ4n) is 3.30. The number of carbonyl (C=O) groups is 2. The van der Waals surface area contributed by atoms with Gasteiger partial charge in [-0.1, -0.05) is 48.5 Å². The van der Waals surface area contributed by atoms with Gasteiger partial charge in [0.25, 0.3) is 11.5 Å². The number of nitrogens with one attached hydrogen (secondary N) is 2. The zero-order valence-corrected chi connectivity index (χ0v) is 15.1. The zero-order chi connectivity index (χ0) is 19.6. The molecule has 0 bridgehead atoms. The van der Waals surface area contributed by atoms with E-state index in [-0.39, 0.29) is 22.6 Å². The van der Waals surface area contributed by atoms with Crippen LogP contribution in [0.4, 0.5) is 0 Å². The average Bonchev–Trinajstić information content (AvgIpc) is 3.53. The van der Waals surface area contributed by atoms with Crippen LogP contribution in [0.25, 0.3) is 10.8 Å². The summed E-state index contributed by atoms with van der Waals surface area (Å²) in [6, 6.07) is 16.7. The fraction of sp³-hybridized carbons (Fsp3) is 0.238. The molecule has 1 aliphatic carbocycles. The lowest BCUT2D eigenvalue weighted by Crippen LogP contribution is -2.35. The van der Waals surface area contributed by atoms with Crippen LogP contribution >= 0.6 is 0 Å². The smallest absolute Gasteiger partial charge is 0.359 e. The van der Waals surface area contributed by atoms with Crippen LogP contribution in [-0.2, 0) is 14.9 Å². The summed E-state index contributed by atoms with van der Waals surface area (Å²) in [5, 5.41) is 9.62. The van der Waals surface area contributed by atoms with E-state index in [1.165, 1.54) is 5.56 Å². The third-order valence-electron chi connectivity index (χ3n) is 5.09. The van der Waals surface area contributed by atoms with E-state index in [1.807, 2.05) is 18.2 Å². The predicted octanol–water partition coefficient (Wildman–Crippen LogP) is 1.93. The third-order valence-corrected chi connectivity index (χ3v) is 5.09. The van der Waals surface area contributed by atoms with Crippen molar-refractivity contribution in [2.24, 2.45) is 0 Å². The molecule has 0 radical (unpaired) electrons. The van der Waals surface area contributed by atoms with Crippen molar-refractivity contribution in [3.8, 4) is 0 Å². The molecule has 2 aromatic carbocycles. The highest BCUT2D eigenvalue weighted by Crippen LogP contribution is 2.47. The Hall–Kier alpha value is -3.48. The number of hydrogen-bond acceptors (Lipinski definition) is 5. The van der Waals surface area contributed by atoms with Crippen LogP contribution < -0.4 is 10.9 Å². The lowest BCUT2D eigenvalue weighted by atomic mass is 9.96. The molecular formula is C21H19N3O4. The van der Waals surface area contributed by atoms with Crippen LogP contribution in [0.2, 0.25) is 0 Å². The van der Waals surface area contributed by atoms with Gasteiger partial charge < -0.3 is 10.1 Å². The molecule has 1 amide bonds. The monoisotopic (exact) mass is 377 g/mol. The van der Waals surface area contributed by atoms with Crippen LogP contribution in [0.15, 0.2) is 59.4 Å². The Morgan fingerprint density at radius 2 is 1.71 bits per heavy atom. The van der Waals surface area contributed by atoms with Crippen LogP contribution in [0.3, 0.4) is 0 Å². The summed E-state index contributed by atoms with van der Waals surface area (Å²) in [4.78, 5) is 36.2. The Kier molecular flexibility index (Phi) is 4.65. The van der Waals surface area contributed by atoms with Crippen molar-refractivity contribution in [1.29, 1.82) is 0 Å². The number of hydrogen-bond donors (Lipinski definition) is 2. The molecule has 0 atom stereocenters. The number of esters is 1. The number of benzene rings is 2. The number of ether oxygens (including phenoxy) is 1. The number of aromatic amines is 1. The molecule has 0 unspecified atom stereocenters. The zero-order valence-electron chi connectivity index (χ0n) is 15.1. The van der Waals surface area contributed by atoms with Gasteiger partial charge in [0.2, 0.25) is 0 Å². The predicted molar refractivity (Wildman–Crippen MR) is 103 cm³/mol. The first kappa shape index (κ1) is 17.9. The van der Waals surface area contributed by atoms with E-state index in [1.54, 1.807) is 24.3 Å². The number of fused-ring (bicyclic) bond motifs is 1. The molecule has 1 heterocycles. The number of H-pyrrole nitrogens is 1. The summed E-state index contributed by atoms with van der Waals surface area (Å²) in [6.45, 7) is 0.103. The molecule has 7 nitrogen and oxygen atoms in total. The van der Waals surface area contributed by atoms with Crippen LogP contribution in [0.1, 0.15) is 28.9 Å². The van der Waals surface area contributed by atoms with Crippen molar-refractivity contribution >= 4 is 22.6 Å². The molecule has 7 heteroatoms. The van der Waals surface area contributed by atoms with Gasteiger partial charge in [-0.05, 0) is 24.5 Å². The van der Waals surface area contributed by atoms with Crippen molar-refractivity contribution in [3.05, 3.63) is 76.2 Å². The van der Waals surface area contributed by atoms with Gasteiger partial charge in [-0.25, -0.2) is 9.89 Å². The highest BCUT2D eigenvalue weighted by atomic mass is 16.5. The van der Waals surface area contributed by atoms with E-state index in [9.17, 15) is 14.4 Å². The second-order valence-corrected chi connectivity index (χ2v) is 6.95. The second-order valence-electron chi connectivity index (χ2n) is 6.95. The molecule has 0 saturated heterocycles. The first-order chi connectivity index (χ1) is 13.6. The molecule has 0 aliphatic heterocycles. The van der Waals surface area contributed by atoms with Gasteiger partial charge in [-0.3, -0.25) is 9.59 Å². The van der Waals surface area contributed by atoms with Crippen molar-refractivity contribution < 1.29 is 14.3 Å². The number of amides is 1. The molecule has 28 heavy (non-hydrogen) atoms. The van der Waals surface area contributed by atoms with E-state index in [0.717, 1.165) is 12.8 Å². The molecule has 4 rings (SSSR count). The van der Waals surface area contributed by atoms with Gasteiger partial charge in [-0.15, -0.1) is 0 Å². The van der Waals surface area contributed by atoms with Crippen molar-refractivity contribution in [1.82, 2.24) is 15.5 Å². The number of aromatic nitrogens is 2. The molecule has 3 aromatic rings. The lowest BCUT2D eigenvalue weighted by molar-refractivity contribution is -0.124.